The number of benzene rings is 2. The topological polar surface area (TPSA) is 61.1 Å². The van der Waals surface area contributed by atoms with Crippen LogP contribution in [0.25, 0.3) is 10.8 Å². The first-order valence-electron chi connectivity index (χ1n) is 4.81. The van der Waals surface area contributed by atoms with E-state index in [2.05, 4.69) is 0 Å². The predicted molar refractivity (Wildman–Crippen MR) is 60.4 cm³/mol. The molecule has 0 saturated heterocycles. The summed E-state index contributed by atoms with van der Waals surface area (Å²) in [6.45, 7) is 1.83. The number of fused-ring (bicyclic) bond motifs is 1. The molecule has 0 aliphatic rings. The van der Waals surface area contributed by atoms with Crippen LogP contribution in [-0.4, -0.2) is 11.1 Å². The van der Waals surface area contributed by atoms with E-state index < -0.39 is 5.97 Å². The highest BCUT2D eigenvalue weighted by Gasteiger charge is 2.12. The Morgan fingerprint density at radius 3 is 2.50 bits per heavy atom. The van der Waals surface area contributed by atoms with Crippen LogP contribution in [0.1, 0.15) is 21.5 Å². The Morgan fingerprint density at radius 2 is 1.94 bits per heavy atom. The molecular weight excluding hydrogens is 202 g/mol. The van der Waals surface area contributed by atoms with Crippen molar-refractivity contribution >= 4 is 16.7 Å². The van der Waals surface area contributed by atoms with Gasteiger partial charge in [0.25, 0.3) is 0 Å². The van der Waals surface area contributed by atoms with E-state index in [1.807, 2.05) is 25.1 Å². The summed E-state index contributed by atoms with van der Waals surface area (Å²) in [5.41, 5.74) is 1.41. The minimum atomic E-state index is -1.01. The number of rotatable bonds is 1. The molecule has 0 heterocycles. The lowest BCUT2D eigenvalue weighted by Gasteiger charge is -2.07. The SMILES string of the molecule is Cc1c(C#N)cc(C(=O)O)c2ccccc12. The molecule has 0 atom stereocenters. The predicted octanol–water partition coefficient (Wildman–Crippen LogP) is 2.72. The zero-order valence-electron chi connectivity index (χ0n) is 8.69. The normalized spacial score (nSPS) is 10.0. The van der Waals surface area contributed by atoms with E-state index in [0.29, 0.717) is 10.9 Å². The monoisotopic (exact) mass is 211 g/mol. The minimum Gasteiger partial charge on any atom is -0.478 e. The first kappa shape index (κ1) is 10.2. The number of carboxylic acid groups (broad SMARTS) is 1. The molecule has 0 amide bonds. The maximum absolute atomic E-state index is 11.1. The smallest absolute Gasteiger partial charge is 0.336 e. The molecule has 3 nitrogen and oxygen atoms in total. The molecule has 2 aromatic rings. The van der Waals surface area contributed by atoms with Crippen molar-refractivity contribution in [3.63, 3.8) is 0 Å². The van der Waals surface area contributed by atoms with Gasteiger partial charge in [-0.3, -0.25) is 0 Å². The summed E-state index contributed by atoms with van der Waals surface area (Å²) in [6.07, 6.45) is 0. The van der Waals surface area contributed by atoms with E-state index in [-0.39, 0.29) is 5.56 Å². The van der Waals surface area contributed by atoms with Gasteiger partial charge < -0.3 is 5.11 Å². The van der Waals surface area contributed by atoms with Crippen LogP contribution in [0.4, 0.5) is 0 Å². The van der Waals surface area contributed by atoms with E-state index in [0.717, 1.165) is 10.9 Å². The molecular formula is C13H9NO2. The molecule has 0 aromatic heterocycles. The van der Waals surface area contributed by atoms with Crippen molar-refractivity contribution in [3.05, 3.63) is 47.0 Å². The minimum absolute atomic E-state index is 0.178. The molecule has 0 bridgehead atoms. The number of carboxylic acids is 1. The molecule has 0 fully saturated rings. The molecule has 1 N–H and O–H groups in total. The number of nitrogens with zero attached hydrogens (tertiary/aromatic N) is 1. The highest BCUT2D eigenvalue weighted by atomic mass is 16.4. The van der Waals surface area contributed by atoms with Crippen LogP contribution < -0.4 is 0 Å². The quantitative estimate of drug-likeness (QED) is 0.788. The maximum Gasteiger partial charge on any atom is 0.336 e. The van der Waals surface area contributed by atoms with Crippen LogP contribution in [0.3, 0.4) is 0 Å². The summed E-state index contributed by atoms with van der Waals surface area (Å²) < 4.78 is 0. The second-order valence-corrected chi connectivity index (χ2v) is 3.56. The van der Waals surface area contributed by atoms with Crippen molar-refractivity contribution in [3.8, 4) is 6.07 Å². The summed E-state index contributed by atoms with van der Waals surface area (Å²) >= 11 is 0. The number of hydrogen-bond donors (Lipinski definition) is 1. The van der Waals surface area contributed by atoms with Crippen molar-refractivity contribution in [2.45, 2.75) is 6.92 Å². The van der Waals surface area contributed by atoms with Crippen molar-refractivity contribution < 1.29 is 9.90 Å². The Hall–Kier alpha value is -2.34. The third-order valence-electron chi connectivity index (χ3n) is 2.66. The number of nitriles is 1. The molecule has 0 radical (unpaired) electrons. The molecule has 0 unspecified atom stereocenters. The van der Waals surface area contributed by atoms with Crippen LogP contribution in [0.5, 0.6) is 0 Å². The van der Waals surface area contributed by atoms with Gasteiger partial charge in [0.1, 0.15) is 0 Å². The lowest BCUT2D eigenvalue weighted by atomic mass is 9.96. The van der Waals surface area contributed by atoms with Gasteiger partial charge in [0, 0.05) is 0 Å². The Morgan fingerprint density at radius 1 is 1.31 bits per heavy atom. The summed E-state index contributed by atoms with van der Waals surface area (Å²) in [6, 6.07) is 10.7. The molecule has 2 rings (SSSR count). The van der Waals surface area contributed by atoms with Crippen molar-refractivity contribution in [2.75, 3.05) is 0 Å². The van der Waals surface area contributed by atoms with Gasteiger partial charge in [-0.2, -0.15) is 5.26 Å². The van der Waals surface area contributed by atoms with E-state index in [1.54, 1.807) is 12.1 Å². The summed E-state index contributed by atoms with van der Waals surface area (Å²) in [7, 11) is 0. The average molecular weight is 211 g/mol. The van der Waals surface area contributed by atoms with Gasteiger partial charge in [-0.15, -0.1) is 0 Å². The summed E-state index contributed by atoms with van der Waals surface area (Å²) in [5.74, 6) is -1.01. The van der Waals surface area contributed by atoms with Crippen molar-refractivity contribution in [2.24, 2.45) is 0 Å². The first-order chi connectivity index (χ1) is 7.65. The number of aryl methyl sites for hydroxylation is 1. The zero-order chi connectivity index (χ0) is 11.7. The second-order valence-electron chi connectivity index (χ2n) is 3.56. The number of aromatic carboxylic acids is 1. The van der Waals surface area contributed by atoms with E-state index in [4.69, 9.17) is 10.4 Å². The van der Waals surface area contributed by atoms with Gasteiger partial charge in [-0.25, -0.2) is 4.79 Å². The van der Waals surface area contributed by atoms with Gasteiger partial charge in [-0.05, 0) is 29.3 Å². The molecule has 16 heavy (non-hydrogen) atoms. The van der Waals surface area contributed by atoms with E-state index >= 15 is 0 Å². The maximum atomic E-state index is 11.1. The second kappa shape index (κ2) is 3.67. The summed E-state index contributed by atoms with van der Waals surface area (Å²) in [4.78, 5) is 11.1. The van der Waals surface area contributed by atoms with E-state index in [1.165, 1.54) is 6.07 Å². The van der Waals surface area contributed by atoms with Gasteiger partial charge in [-0.1, -0.05) is 24.3 Å². The molecule has 0 saturated carbocycles. The molecule has 3 heteroatoms. The first-order valence-corrected chi connectivity index (χ1v) is 4.81. The van der Waals surface area contributed by atoms with Crippen LogP contribution in [-0.2, 0) is 0 Å². The highest BCUT2D eigenvalue weighted by Crippen LogP contribution is 2.25. The number of hydrogen-bond acceptors (Lipinski definition) is 2. The van der Waals surface area contributed by atoms with Crippen molar-refractivity contribution in [1.82, 2.24) is 0 Å². The molecule has 2 aromatic carbocycles. The summed E-state index contributed by atoms with van der Waals surface area (Å²) in [5, 5.41) is 19.5. The fraction of sp³-hybridized carbons (Fsp3) is 0.0769. The van der Waals surface area contributed by atoms with Crippen LogP contribution in [0.2, 0.25) is 0 Å². The van der Waals surface area contributed by atoms with E-state index in [9.17, 15) is 4.79 Å². The highest BCUT2D eigenvalue weighted by molar-refractivity contribution is 6.05. The average Bonchev–Trinajstić information content (AvgIpc) is 2.29. The molecule has 0 aliphatic heterocycles. The fourth-order valence-electron chi connectivity index (χ4n) is 1.81. The van der Waals surface area contributed by atoms with Gasteiger partial charge in [0.05, 0.1) is 17.2 Å². The van der Waals surface area contributed by atoms with Crippen molar-refractivity contribution in [1.29, 1.82) is 5.26 Å². The van der Waals surface area contributed by atoms with Crippen LogP contribution in [0.15, 0.2) is 30.3 Å². The van der Waals surface area contributed by atoms with Gasteiger partial charge >= 0.3 is 5.97 Å². The molecule has 0 spiro atoms. The third kappa shape index (κ3) is 1.41. The van der Waals surface area contributed by atoms with Gasteiger partial charge in [0.2, 0.25) is 0 Å². The lowest BCUT2D eigenvalue weighted by molar-refractivity contribution is 0.0699. The zero-order valence-corrected chi connectivity index (χ0v) is 8.69. The lowest BCUT2D eigenvalue weighted by Crippen LogP contribution is -2.00. The Labute approximate surface area is 92.6 Å². The molecule has 0 aliphatic carbocycles. The van der Waals surface area contributed by atoms with Gasteiger partial charge in [0.15, 0.2) is 0 Å². The van der Waals surface area contributed by atoms with Crippen LogP contribution >= 0.6 is 0 Å². The largest absolute Gasteiger partial charge is 0.478 e. The number of carbonyl (C=O) groups is 1. The fourth-order valence-corrected chi connectivity index (χ4v) is 1.81. The standard InChI is InChI=1S/C13H9NO2/c1-8-9(7-14)6-12(13(15)16)11-5-3-2-4-10(8)11/h2-6H,1H3,(H,15,16). The Bertz CT molecular complexity index is 624. The third-order valence-corrected chi connectivity index (χ3v) is 2.66. The molecule has 78 valence electrons. The van der Waals surface area contributed by atoms with Crippen LogP contribution in [0, 0.1) is 18.3 Å². The Balaban J connectivity index is 2.97. The Kier molecular flexibility index (Phi) is 2.34.